The Bertz CT molecular complexity index is 1190. The van der Waals surface area contributed by atoms with Crippen molar-refractivity contribution in [3.8, 4) is 11.5 Å². The lowest BCUT2D eigenvalue weighted by molar-refractivity contribution is -0.385. The van der Waals surface area contributed by atoms with Crippen molar-refractivity contribution in [2.24, 2.45) is 0 Å². The lowest BCUT2D eigenvalue weighted by Crippen LogP contribution is -2.35. The first kappa shape index (κ1) is 19.2. The van der Waals surface area contributed by atoms with Crippen LogP contribution in [0.3, 0.4) is 0 Å². The maximum absolute atomic E-state index is 13.6. The molecule has 5 rings (SSSR count). The third-order valence-electron chi connectivity index (χ3n) is 5.88. The molecule has 3 aromatic rings. The third-order valence-corrected chi connectivity index (χ3v) is 5.88. The first-order valence-corrected chi connectivity index (χ1v) is 10.1. The SMILES string of the molecule is Cc1ccc(C(=O)N2CCCn3cccc3C2c2ccc3c(c2)OCO3)cc1[N+](=O)[O-]. The number of fused-ring (bicyclic) bond motifs is 2. The molecule has 2 aromatic carbocycles. The lowest BCUT2D eigenvalue weighted by Gasteiger charge is -2.31. The third kappa shape index (κ3) is 3.30. The van der Waals surface area contributed by atoms with Gasteiger partial charge in [-0.3, -0.25) is 14.9 Å². The molecule has 2 aliphatic heterocycles. The highest BCUT2D eigenvalue weighted by atomic mass is 16.7. The Labute approximate surface area is 178 Å². The van der Waals surface area contributed by atoms with Crippen molar-refractivity contribution in [3.63, 3.8) is 0 Å². The molecule has 0 saturated carbocycles. The monoisotopic (exact) mass is 419 g/mol. The van der Waals surface area contributed by atoms with Gasteiger partial charge in [0.25, 0.3) is 11.6 Å². The van der Waals surface area contributed by atoms with Crippen LogP contribution in [0.5, 0.6) is 11.5 Å². The number of ether oxygens (including phenoxy) is 2. The maximum atomic E-state index is 13.6. The van der Waals surface area contributed by atoms with Crippen LogP contribution in [-0.4, -0.2) is 33.6 Å². The molecule has 0 aliphatic carbocycles. The molecule has 0 bridgehead atoms. The van der Waals surface area contributed by atoms with Gasteiger partial charge in [0.05, 0.1) is 11.0 Å². The summed E-state index contributed by atoms with van der Waals surface area (Å²) in [6.45, 7) is 3.17. The molecule has 1 amide bonds. The van der Waals surface area contributed by atoms with Crippen LogP contribution < -0.4 is 9.47 Å². The first-order valence-electron chi connectivity index (χ1n) is 10.1. The first-order chi connectivity index (χ1) is 15.0. The lowest BCUT2D eigenvalue weighted by atomic mass is 9.99. The Morgan fingerprint density at radius 3 is 2.77 bits per heavy atom. The van der Waals surface area contributed by atoms with Crippen molar-refractivity contribution in [2.75, 3.05) is 13.3 Å². The zero-order chi connectivity index (χ0) is 21.5. The van der Waals surface area contributed by atoms with Crippen LogP contribution in [0.2, 0.25) is 0 Å². The Morgan fingerprint density at radius 1 is 1.10 bits per heavy atom. The minimum Gasteiger partial charge on any atom is -0.454 e. The summed E-state index contributed by atoms with van der Waals surface area (Å²) in [5.41, 5.74) is 2.68. The van der Waals surface area contributed by atoms with Gasteiger partial charge in [-0.25, -0.2) is 0 Å². The smallest absolute Gasteiger partial charge is 0.273 e. The van der Waals surface area contributed by atoms with E-state index in [0.717, 1.165) is 24.2 Å². The van der Waals surface area contributed by atoms with Crippen molar-refractivity contribution in [1.29, 1.82) is 0 Å². The highest BCUT2D eigenvalue weighted by molar-refractivity contribution is 5.95. The van der Waals surface area contributed by atoms with E-state index < -0.39 is 4.92 Å². The predicted octanol–water partition coefficient (Wildman–Crippen LogP) is 4.07. The van der Waals surface area contributed by atoms with Crippen molar-refractivity contribution >= 4 is 11.6 Å². The molecule has 0 N–H and O–H groups in total. The average Bonchev–Trinajstić information content (AvgIpc) is 3.38. The van der Waals surface area contributed by atoms with Crippen molar-refractivity contribution < 1.29 is 19.2 Å². The minimum absolute atomic E-state index is 0.0522. The van der Waals surface area contributed by atoms with E-state index in [-0.39, 0.29) is 24.4 Å². The Balaban J connectivity index is 1.60. The molecule has 158 valence electrons. The van der Waals surface area contributed by atoms with Gasteiger partial charge in [0.15, 0.2) is 11.5 Å². The summed E-state index contributed by atoms with van der Waals surface area (Å²) in [5, 5.41) is 11.4. The van der Waals surface area contributed by atoms with Gasteiger partial charge in [0, 0.05) is 42.2 Å². The minimum atomic E-state index is -0.449. The number of amides is 1. The van der Waals surface area contributed by atoms with Gasteiger partial charge >= 0.3 is 0 Å². The number of rotatable bonds is 3. The van der Waals surface area contributed by atoms with Crippen LogP contribution in [0.1, 0.15) is 39.6 Å². The molecule has 8 nitrogen and oxygen atoms in total. The number of carbonyl (C=O) groups is 1. The maximum Gasteiger partial charge on any atom is 0.273 e. The predicted molar refractivity (Wildman–Crippen MR) is 112 cm³/mol. The van der Waals surface area contributed by atoms with E-state index in [4.69, 9.17) is 9.47 Å². The average molecular weight is 419 g/mol. The summed E-state index contributed by atoms with van der Waals surface area (Å²) in [5.74, 6) is 1.10. The molecular formula is C23H21N3O5. The topological polar surface area (TPSA) is 86.8 Å². The zero-order valence-corrected chi connectivity index (χ0v) is 17.0. The quantitative estimate of drug-likeness (QED) is 0.472. The summed E-state index contributed by atoms with van der Waals surface area (Å²) in [6.07, 6.45) is 2.79. The highest BCUT2D eigenvalue weighted by Gasteiger charge is 2.33. The number of nitro groups is 1. The van der Waals surface area contributed by atoms with Crippen LogP contribution in [0.25, 0.3) is 0 Å². The summed E-state index contributed by atoms with van der Waals surface area (Å²) in [4.78, 5) is 26.4. The van der Waals surface area contributed by atoms with Crippen molar-refractivity contribution in [3.05, 3.63) is 87.2 Å². The van der Waals surface area contributed by atoms with Gasteiger partial charge < -0.3 is 18.9 Å². The second-order valence-corrected chi connectivity index (χ2v) is 7.75. The zero-order valence-electron chi connectivity index (χ0n) is 17.0. The number of aryl methyl sites for hydroxylation is 2. The van der Waals surface area contributed by atoms with Gasteiger partial charge in [-0.05, 0) is 49.2 Å². The van der Waals surface area contributed by atoms with E-state index in [9.17, 15) is 14.9 Å². The fourth-order valence-electron chi connectivity index (χ4n) is 4.34. The van der Waals surface area contributed by atoms with Gasteiger partial charge in [-0.1, -0.05) is 12.1 Å². The largest absolute Gasteiger partial charge is 0.454 e. The number of hydrogen-bond donors (Lipinski definition) is 0. The van der Waals surface area contributed by atoms with Crippen LogP contribution >= 0.6 is 0 Å². The molecule has 0 saturated heterocycles. The molecule has 0 fully saturated rings. The molecule has 8 heteroatoms. The summed E-state index contributed by atoms with van der Waals surface area (Å²) < 4.78 is 13.2. The van der Waals surface area contributed by atoms with Gasteiger partial charge in [0.1, 0.15) is 0 Å². The molecule has 2 aliphatic rings. The molecule has 1 unspecified atom stereocenters. The fraction of sp³-hybridized carbons (Fsp3) is 0.261. The summed E-state index contributed by atoms with van der Waals surface area (Å²) in [6, 6.07) is 14.0. The molecule has 0 radical (unpaired) electrons. The highest BCUT2D eigenvalue weighted by Crippen LogP contribution is 2.39. The molecule has 31 heavy (non-hydrogen) atoms. The van der Waals surface area contributed by atoms with E-state index in [0.29, 0.717) is 29.2 Å². The summed E-state index contributed by atoms with van der Waals surface area (Å²) in [7, 11) is 0. The van der Waals surface area contributed by atoms with E-state index in [1.807, 2.05) is 36.5 Å². The van der Waals surface area contributed by atoms with Gasteiger partial charge in [0.2, 0.25) is 6.79 Å². The number of hydrogen-bond acceptors (Lipinski definition) is 5. The van der Waals surface area contributed by atoms with Crippen LogP contribution in [0.15, 0.2) is 54.7 Å². The molecule has 3 heterocycles. The van der Waals surface area contributed by atoms with Gasteiger partial charge in [-0.15, -0.1) is 0 Å². The summed E-state index contributed by atoms with van der Waals surface area (Å²) >= 11 is 0. The number of aromatic nitrogens is 1. The molecule has 0 spiro atoms. The Morgan fingerprint density at radius 2 is 1.94 bits per heavy atom. The van der Waals surface area contributed by atoms with Gasteiger partial charge in [-0.2, -0.15) is 0 Å². The van der Waals surface area contributed by atoms with Crippen molar-refractivity contribution in [1.82, 2.24) is 9.47 Å². The number of nitro benzene ring substituents is 1. The van der Waals surface area contributed by atoms with E-state index in [1.54, 1.807) is 24.0 Å². The van der Waals surface area contributed by atoms with Crippen LogP contribution in [-0.2, 0) is 6.54 Å². The van der Waals surface area contributed by atoms with Crippen LogP contribution in [0.4, 0.5) is 5.69 Å². The Kier molecular flexibility index (Phi) is 4.62. The fourth-order valence-corrected chi connectivity index (χ4v) is 4.34. The number of benzene rings is 2. The van der Waals surface area contributed by atoms with E-state index in [1.165, 1.54) is 6.07 Å². The van der Waals surface area contributed by atoms with Crippen LogP contribution in [0, 0.1) is 17.0 Å². The normalized spacial score (nSPS) is 17.2. The molecule has 1 atom stereocenters. The standard InChI is InChI=1S/C23H21N3O5/c1-15-5-6-17(12-19(15)26(28)29)23(27)25-11-3-10-24-9-2-4-18(24)22(25)16-7-8-20-21(13-16)31-14-30-20/h2,4-9,12-13,22H,3,10-11,14H2,1H3. The second-order valence-electron chi connectivity index (χ2n) is 7.75. The van der Waals surface area contributed by atoms with E-state index >= 15 is 0 Å². The second kappa shape index (κ2) is 7.46. The van der Waals surface area contributed by atoms with Crippen molar-refractivity contribution in [2.45, 2.75) is 25.9 Å². The number of carbonyl (C=O) groups excluding carboxylic acids is 1. The number of nitrogens with zero attached hydrogens (tertiary/aromatic N) is 3. The molecule has 1 aromatic heterocycles. The Hall–Kier alpha value is -3.81. The molecular weight excluding hydrogens is 398 g/mol. The van der Waals surface area contributed by atoms with E-state index in [2.05, 4.69) is 4.57 Å².